The average Bonchev–Trinajstić information content (AvgIpc) is 2.90. The van der Waals surface area contributed by atoms with Gasteiger partial charge >= 0.3 is 0 Å². The van der Waals surface area contributed by atoms with Crippen LogP contribution < -0.4 is 4.74 Å². The van der Waals surface area contributed by atoms with Crippen LogP contribution in [0.3, 0.4) is 0 Å². The van der Waals surface area contributed by atoms with Gasteiger partial charge in [-0.2, -0.15) is 0 Å². The Morgan fingerprint density at radius 1 is 1.18 bits per heavy atom. The van der Waals surface area contributed by atoms with Crippen LogP contribution >= 0.6 is 11.6 Å². The molecular formula is C22H22ClN3O2. The lowest BCUT2D eigenvalue weighted by Gasteiger charge is -2.19. The number of hydrogen-bond acceptors (Lipinski definition) is 5. The molecular weight excluding hydrogens is 374 g/mol. The molecule has 1 aromatic heterocycles. The SMILES string of the molecule is CCc1nccc(CN2CCOc3c(O)cc(-c4cccc(Cl)c4)cc3C2)n1. The van der Waals surface area contributed by atoms with Gasteiger partial charge in [-0.15, -0.1) is 0 Å². The van der Waals surface area contributed by atoms with Gasteiger partial charge in [-0.3, -0.25) is 4.90 Å². The largest absolute Gasteiger partial charge is 0.504 e. The first kappa shape index (κ1) is 18.7. The quantitative estimate of drug-likeness (QED) is 0.706. The number of halogens is 1. The number of nitrogens with zero attached hydrogens (tertiary/aromatic N) is 3. The maximum Gasteiger partial charge on any atom is 0.165 e. The topological polar surface area (TPSA) is 58.5 Å². The zero-order valence-electron chi connectivity index (χ0n) is 15.7. The monoisotopic (exact) mass is 395 g/mol. The minimum absolute atomic E-state index is 0.157. The number of benzene rings is 2. The molecule has 2 aromatic carbocycles. The summed E-state index contributed by atoms with van der Waals surface area (Å²) in [5, 5.41) is 11.2. The number of phenolic OH excluding ortho intramolecular Hbond substituents is 1. The van der Waals surface area contributed by atoms with Crippen LogP contribution in [0.4, 0.5) is 0 Å². The van der Waals surface area contributed by atoms with E-state index < -0.39 is 0 Å². The van der Waals surface area contributed by atoms with Crippen molar-refractivity contribution in [2.45, 2.75) is 26.4 Å². The van der Waals surface area contributed by atoms with Crippen molar-refractivity contribution in [3.8, 4) is 22.6 Å². The van der Waals surface area contributed by atoms with E-state index in [0.29, 0.717) is 30.5 Å². The summed E-state index contributed by atoms with van der Waals surface area (Å²) < 4.78 is 5.86. The maximum absolute atomic E-state index is 10.5. The summed E-state index contributed by atoms with van der Waals surface area (Å²) in [5.41, 5.74) is 3.83. The fraction of sp³-hybridized carbons (Fsp3) is 0.273. The number of ether oxygens (including phenoxy) is 1. The molecule has 0 bridgehead atoms. The van der Waals surface area contributed by atoms with Gasteiger partial charge in [0.25, 0.3) is 0 Å². The molecule has 0 saturated carbocycles. The number of aromatic nitrogens is 2. The summed E-state index contributed by atoms with van der Waals surface area (Å²) in [6.07, 6.45) is 2.63. The lowest BCUT2D eigenvalue weighted by atomic mass is 10.0. The van der Waals surface area contributed by atoms with Gasteiger partial charge in [0.2, 0.25) is 0 Å². The third-order valence-corrected chi connectivity index (χ3v) is 5.05. The number of fused-ring (bicyclic) bond motifs is 1. The van der Waals surface area contributed by atoms with E-state index in [1.807, 2.05) is 36.5 Å². The first-order chi connectivity index (χ1) is 13.6. The molecule has 3 aromatic rings. The second-order valence-corrected chi connectivity index (χ2v) is 7.31. The predicted octanol–water partition coefficient (Wildman–Crippen LogP) is 4.46. The van der Waals surface area contributed by atoms with Crippen LogP contribution in [0.15, 0.2) is 48.7 Å². The molecule has 4 rings (SSSR count). The van der Waals surface area contributed by atoms with Crippen molar-refractivity contribution in [2.24, 2.45) is 0 Å². The van der Waals surface area contributed by atoms with E-state index in [1.165, 1.54) is 0 Å². The van der Waals surface area contributed by atoms with E-state index in [-0.39, 0.29) is 5.75 Å². The van der Waals surface area contributed by atoms with Crippen molar-refractivity contribution in [1.29, 1.82) is 0 Å². The zero-order chi connectivity index (χ0) is 19.5. The van der Waals surface area contributed by atoms with Crippen molar-refractivity contribution >= 4 is 11.6 Å². The van der Waals surface area contributed by atoms with Crippen LogP contribution in [0.5, 0.6) is 11.5 Å². The number of aromatic hydroxyl groups is 1. The van der Waals surface area contributed by atoms with Gasteiger partial charge in [0, 0.05) is 42.8 Å². The molecule has 0 fully saturated rings. The smallest absolute Gasteiger partial charge is 0.165 e. The summed E-state index contributed by atoms with van der Waals surface area (Å²) in [5.74, 6) is 1.57. The molecule has 1 N–H and O–H groups in total. The average molecular weight is 396 g/mol. The van der Waals surface area contributed by atoms with Gasteiger partial charge in [0.15, 0.2) is 11.5 Å². The molecule has 0 radical (unpaired) electrons. The van der Waals surface area contributed by atoms with E-state index in [1.54, 1.807) is 6.07 Å². The van der Waals surface area contributed by atoms with Crippen LogP contribution in [0.25, 0.3) is 11.1 Å². The minimum atomic E-state index is 0.157. The van der Waals surface area contributed by atoms with E-state index in [4.69, 9.17) is 16.3 Å². The molecule has 1 aliphatic rings. The molecule has 0 aliphatic carbocycles. The van der Waals surface area contributed by atoms with Crippen LogP contribution in [0.1, 0.15) is 24.0 Å². The highest BCUT2D eigenvalue weighted by molar-refractivity contribution is 6.30. The zero-order valence-corrected chi connectivity index (χ0v) is 16.5. The maximum atomic E-state index is 10.5. The molecule has 0 saturated heterocycles. The Labute approximate surface area is 169 Å². The third kappa shape index (κ3) is 4.11. The second-order valence-electron chi connectivity index (χ2n) is 6.87. The van der Waals surface area contributed by atoms with E-state index in [2.05, 4.69) is 27.9 Å². The summed E-state index contributed by atoms with van der Waals surface area (Å²) >= 11 is 6.13. The molecule has 2 heterocycles. The summed E-state index contributed by atoms with van der Waals surface area (Å²) in [4.78, 5) is 11.2. The van der Waals surface area contributed by atoms with Crippen LogP contribution in [0.2, 0.25) is 5.02 Å². The Morgan fingerprint density at radius 3 is 2.89 bits per heavy atom. The standard InChI is InChI=1S/C22H22ClN3O2/c1-2-21-24-7-6-19(25-21)14-26-8-9-28-22-17(13-26)10-16(12-20(22)27)15-4-3-5-18(23)11-15/h3-7,10-12,27H,2,8-9,13-14H2,1H3. The first-order valence-electron chi connectivity index (χ1n) is 9.40. The lowest BCUT2D eigenvalue weighted by molar-refractivity contribution is 0.215. The lowest BCUT2D eigenvalue weighted by Crippen LogP contribution is -2.26. The summed E-state index contributed by atoms with van der Waals surface area (Å²) in [6, 6.07) is 13.4. The third-order valence-electron chi connectivity index (χ3n) is 4.82. The van der Waals surface area contributed by atoms with E-state index >= 15 is 0 Å². The number of aryl methyl sites for hydroxylation is 1. The van der Waals surface area contributed by atoms with Crippen molar-refractivity contribution in [2.75, 3.05) is 13.2 Å². The van der Waals surface area contributed by atoms with Crippen molar-refractivity contribution in [1.82, 2.24) is 14.9 Å². The summed E-state index contributed by atoms with van der Waals surface area (Å²) in [6.45, 7) is 4.70. The molecule has 0 atom stereocenters. The Balaban J connectivity index is 1.62. The highest BCUT2D eigenvalue weighted by Gasteiger charge is 2.20. The summed E-state index contributed by atoms with van der Waals surface area (Å²) in [7, 11) is 0. The molecule has 144 valence electrons. The normalized spacial score (nSPS) is 14.2. The van der Waals surface area contributed by atoms with Crippen molar-refractivity contribution in [3.05, 3.63) is 70.8 Å². The van der Waals surface area contributed by atoms with Gasteiger partial charge in [0.1, 0.15) is 12.4 Å². The fourth-order valence-electron chi connectivity index (χ4n) is 3.45. The molecule has 5 nitrogen and oxygen atoms in total. The fourth-order valence-corrected chi connectivity index (χ4v) is 3.64. The minimum Gasteiger partial charge on any atom is -0.504 e. The number of phenols is 1. The highest BCUT2D eigenvalue weighted by Crippen LogP contribution is 2.38. The molecule has 6 heteroatoms. The second kappa shape index (κ2) is 8.17. The molecule has 0 spiro atoms. The van der Waals surface area contributed by atoms with E-state index in [9.17, 15) is 5.11 Å². The van der Waals surface area contributed by atoms with Crippen LogP contribution in [-0.2, 0) is 19.5 Å². The molecule has 0 unspecified atom stereocenters. The number of rotatable bonds is 4. The van der Waals surface area contributed by atoms with Gasteiger partial charge in [0.05, 0.1) is 5.69 Å². The first-order valence-corrected chi connectivity index (χ1v) is 9.78. The molecule has 1 aliphatic heterocycles. The van der Waals surface area contributed by atoms with Gasteiger partial charge < -0.3 is 9.84 Å². The van der Waals surface area contributed by atoms with E-state index in [0.717, 1.165) is 41.2 Å². The Bertz CT molecular complexity index is 993. The highest BCUT2D eigenvalue weighted by atomic mass is 35.5. The Hall–Kier alpha value is -2.63. The number of hydrogen-bond donors (Lipinski definition) is 1. The Morgan fingerprint density at radius 2 is 2.07 bits per heavy atom. The molecule has 0 amide bonds. The van der Waals surface area contributed by atoms with Crippen LogP contribution in [-0.4, -0.2) is 33.1 Å². The van der Waals surface area contributed by atoms with Gasteiger partial charge in [-0.05, 0) is 41.5 Å². The Kier molecular flexibility index (Phi) is 5.46. The van der Waals surface area contributed by atoms with Gasteiger partial charge in [-0.1, -0.05) is 30.7 Å². The van der Waals surface area contributed by atoms with Crippen LogP contribution in [0, 0.1) is 0 Å². The van der Waals surface area contributed by atoms with Gasteiger partial charge in [-0.25, -0.2) is 9.97 Å². The molecule has 28 heavy (non-hydrogen) atoms. The van der Waals surface area contributed by atoms with Crippen molar-refractivity contribution in [3.63, 3.8) is 0 Å². The van der Waals surface area contributed by atoms with Crippen molar-refractivity contribution < 1.29 is 9.84 Å². The predicted molar refractivity (Wildman–Crippen MR) is 110 cm³/mol.